The smallest absolute Gasteiger partial charge is 0.340 e. The molecule has 0 spiro atoms. The Morgan fingerprint density at radius 1 is 1.17 bits per heavy atom. The van der Waals surface area contributed by atoms with Crippen LogP contribution in [0.15, 0.2) is 35.1 Å². The van der Waals surface area contributed by atoms with Crippen LogP contribution in [0.25, 0.3) is 11.0 Å². The first-order valence-electron chi connectivity index (χ1n) is 8.66. The van der Waals surface area contributed by atoms with Gasteiger partial charge in [0.25, 0.3) is 11.5 Å². The fourth-order valence-corrected chi connectivity index (χ4v) is 2.94. The predicted molar refractivity (Wildman–Crippen MR) is 102 cm³/mol. The first-order valence-corrected chi connectivity index (χ1v) is 8.66. The number of carbonyl (C=O) groups is 2. The molecule has 9 heteroatoms. The maximum absolute atomic E-state index is 14.1. The van der Waals surface area contributed by atoms with Gasteiger partial charge in [0.15, 0.2) is 0 Å². The number of methoxy groups -OCH3 is 1. The number of fused-ring (bicyclic) bond motifs is 1. The normalized spacial score (nSPS) is 10.8. The third-order valence-electron chi connectivity index (χ3n) is 4.40. The molecule has 0 bridgehead atoms. The van der Waals surface area contributed by atoms with E-state index in [9.17, 15) is 23.2 Å². The maximum atomic E-state index is 14.1. The fourth-order valence-electron chi connectivity index (χ4n) is 2.94. The zero-order valence-electron chi connectivity index (χ0n) is 15.9. The SMILES string of the molecule is CCn1c(=O)c(C)nc2cc(C(=O)Nc3cc(C(=O)OC)c(F)cc3F)ccc21. The van der Waals surface area contributed by atoms with Crippen LogP contribution in [0, 0.1) is 18.6 Å². The molecule has 0 unspecified atom stereocenters. The Morgan fingerprint density at radius 3 is 2.55 bits per heavy atom. The molecule has 7 nitrogen and oxygen atoms in total. The van der Waals surface area contributed by atoms with Crippen LogP contribution in [0.4, 0.5) is 14.5 Å². The third kappa shape index (κ3) is 3.71. The van der Waals surface area contributed by atoms with Crippen molar-refractivity contribution in [3.63, 3.8) is 0 Å². The van der Waals surface area contributed by atoms with E-state index in [1.165, 1.54) is 16.7 Å². The van der Waals surface area contributed by atoms with Gasteiger partial charge < -0.3 is 14.6 Å². The van der Waals surface area contributed by atoms with E-state index in [2.05, 4.69) is 15.0 Å². The Kier molecular flexibility index (Phi) is 5.40. The molecule has 0 saturated carbocycles. The molecule has 0 radical (unpaired) electrons. The van der Waals surface area contributed by atoms with Gasteiger partial charge in [0, 0.05) is 18.2 Å². The first-order chi connectivity index (χ1) is 13.8. The molecule has 1 aromatic heterocycles. The summed E-state index contributed by atoms with van der Waals surface area (Å²) in [5.74, 6) is -3.84. The number of aromatic nitrogens is 2. The van der Waals surface area contributed by atoms with Crippen molar-refractivity contribution in [2.75, 3.05) is 12.4 Å². The molecule has 0 fully saturated rings. The van der Waals surface area contributed by atoms with Gasteiger partial charge in [0.1, 0.15) is 17.3 Å². The maximum Gasteiger partial charge on any atom is 0.340 e. The number of anilines is 1. The summed E-state index contributed by atoms with van der Waals surface area (Å²) >= 11 is 0. The molecule has 0 aliphatic rings. The van der Waals surface area contributed by atoms with Crippen LogP contribution in [-0.2, 0) is 11.3 Å². The van der Waals surface area contributed by atoms with Crippen molar-refractivity contribution >= 4 is 28.6 Å². The summed E-state index contributed by atoms with van der Waals surface area (Å²) in [6.45, 7) is 3.82. The number of rotatable bonds is 4. The average molecular weight is 401 g/mol. The highest BCUT2D eigenvalue weighted by molar-refractivity contribution is 6.06. The van der Waals surface area contributed by atoms with Crippen molar-refractivity contribution < 1.29 is 23.1 Å². The van der Waals surface area contributed by atoms with Gasteiger partial charge in [-0.2, -0.15) is 0 Å². The predicted octanol–water partition coefficient (Wildman–Crippen LogP) is 3.04. The van der Waals surface area contributed by atoms with Crippen LogP contribution in [0.2, 0.25) is 0 Å². The number of hydrogen-bond acceptors (Lipinski definition) is 5. The molecular weight excluding hydrogens is 384 g/mol. The highest BCUT2D eigenvalue weighted by atomic mass is 19.1. The molecule has 150 valence electrons. The van der Waals surface area contributed by atoms with Crippen LogP contribution in [0.1, 0.15) is 33.3 Å². The van der Waals surface area contributed by atoms with Crippen LogP contribution in [0.3, 0.4) is 0 Å². The molecule has 29 heavy (non-hydrogen) atoms. The van der Waals surface area contributed by atoms with Gasteiger partial charge in [0.05, 0.1) is 29.4 Å². The molecule has 3 rings (SSSR count). The van der Waals surface area contributed by atoms with E-state index in [4.69, 9.17) is 0 Å². The third-order valence-corrected chi connectivity index (χ3v) is 4.40. The highest BCUT2D eigenvalue weighted by Crippen LogP contribution is 2.22. The number of benzene rings is 2. The quantitative estimate of drug-likeness (QED) is 0.679. The Morgan fingerprint density at radius 2 is 1.90 bits per heavy atom. The molecular formula is C20H17F2N3O4. The number of ether oxygens (including phenoxy) is 1. The van der Waals surface area contributed by atoms with Gasteiger partial charge >= 0.3 is 5.97 Å². The first kappa shape index (κ1) is 20.1. The largest absolute Gasteiger partial charge is 0.465 e. The second-order valence-corrected chi connectivity index (χ2v) is 6.21. The van der Waals surface area contributed by atoms with Crippen molar-refractivity contribution in [3.05, 3.63) is 69.1 Å². The number of nitrogens with one attached hydrogen (secondary N) is 1. The monoisotopic (exact) mass is 401 g/mol. The summed E-state index contributed by atoms with van der Waals surface area (Å²) in [5.41, 5.74) is 0.303. The van der Waals surface area contributed by atoms with Gasteiger partial charge in [-0.3, -0.25) is 9.59 Å². The highest BCUT2D eigenvalue weighted by Gasteiger charge is 2.19. The average Bonchev–Trinajstić information content (AvgIpc) is 2.70. The number of esters is 1. The van der Waals surface area contributed by atoms with Crippen molar-refractivity contribution in [1.82, 2.24) is 9.55 Å². The van der Waals surface area contributed by atoms with Crippen molar-refractivity contribution in [3.8, 4) is 0 Å². The number of carbonyl (C=O) groups excluding carboxylic acids is 2. The molecule has 0 aliphatic carbocycles. The number of aryl methyl sites for hydroxylation is 2. The minimum absolute atomic E-state index is 0.147. The summed E-state index contributed by atoms with van der Waals surface area (Å²) in [6, 6.07) is 5.86. The Labute approximate surface area is 163 Å². The molecule has 1 heterocycles. The van der Waals surface area contributed by atoms with Crippen LogP contribution in [-0.4, -0.2) is 28.5 Å². The van der Waals surface area contributed by atoms with E-state index in [0.717, 1.165) is 13.2 Å². The minimum Gasteiger partial charge on any atom is -0.465 e. The van der Waals surface area contributed by atoms with E-state index >= 15 is 0 Å². The van der Waals surface area contributed by atoms with Gasteiger partial charge in [-0.15, -0.1) is 0 Å². The topological polar surface area (TPSA) is 90.3 Å². The Balaban J connectivity index is 2.00. The Bertz CT molecular complexity index is 1200. The molecule has 0 atom stereocenters. The van der Waals surface area contributed by atoms with Crippen molar-refractivity contribution in [2.24, 2.45) is 0 Å². The van der Waals surface area contributed by atoms with Crippen molar-refractivity contribution in [2.45, 2.75) is 20.4 Å². The molecule has 1 N–H and O–H groups in total. The lowest BCUT2D eigenvalue weighted by Gasteiger charge is -2.11. The van der Waals surface area contributed by atoms with Gasteiger partial charge in [-0.25, -0.2) is 18.6 Å². The number of nitrogens with zero attached hydrogens (tertiary/aromatic N) is 2. The van der Waals surface area contributed by atoms with Crippen LogP contribution in [0.5, 0.6) is 0 Å². The van der Waals surface area contributed by atoms with Gasteiger partial charge in [0.2, 0.25) is 0 Å². The summed E-state index contributed by atoms with van der Waals surface area (Å²) in [6.07, 6.45) is 0. The molecule has 0 aliphatic heterocycles. The summed E-state index contributed by atoms with van der Waals surface area (Å²) in [5, 5.41) is 2.31. The number of amides is 1. The lowest BCUT2D eigenvalue weighted by atomic mass is 10.1. The number of halogens is 2. The zero-order chi connectivity index (χ0) is 21.3. The summed E-state index contributed by atoms with van der Waals surface area (Å²) in [4.78, 5) is 40.5. The fraction of sp³-hybridized carbons (Fsp3) is 0.200. The Hall–Kier alpha value is -3.62. The molecule has 0 saturated heterocycles. The van der Waals surface area contributed by atoms with Crippen molar-refractivity contribution in [1.29, 1.82) is 0 Å². The lowest BCUT2D eigenvalue weighted by molar-refractivity contribution is 0.0595. The second-order valence-electron chi connectivity index (χ2n) is 6.21. The summed E-state index contributed by atoms with van der Waals surface area (Å²) < 4.78 is 33.8. The second kappa shape index (κ2) is 7.78. The summed E-state index contributed by atoms with van der Waals surface area (Å²) in [7, 11) is 1.06. The standard InChI is InChI=1S/C20H17F2N3O4/c1-4-25-17-6-5-11(7-16(17)23-10(2)19(25)27)18(26)24-15-8-12(20(28)29-3)13(21)9-14(15)22/h5-9H,4H2,1-3H3,(H,24,26). The minimum atomic E-state index is -1.10. The van der Waals surface area contributed by atoms with E-state index in [-0.39, 0.29) is 22.5 Å². The van der Waals surface area contributed by atoms with Gasteiger partial charge in [-0.1, -0.05) is 0 Å². The van der Waals surface area contributed by atoms with E-state index in [1.807, 2.05) is 6.92 Å². The molecule has 3 aromatic rings. The van der Waals surface area contributed by atoms with Crippen LogP contribution >= 0.6 is 0 Å². The van der Waals surface area contributed by atoms with E-state index in [1.54, 1.807) is 13.0 Å². The number of hydrogen-bond donors (Lipinski definition) is 1. The van der Waals surface area contributed by atoms with E-state index < -0.39 is 29.1 Å². The lowest BCUT2D eigenvalue weighted by Crippen LogP contribution is -2.23. The van der Waals surface area contributed by atoms with Crippen LogP contribution < -0.4 is 10.9 Å². The zero-order valence-corrected chi connectivity index (χ0v) is 15.9. The van der Waals surface area contributed by atoms with Gasteiger partial charge in [-0.05, 0) is 38.1 Å². The molecule has 1 amide bonds. The molecule has 2 aromatic carbocycles. The van der Waals surface area contributed by atoms with E-state index in [0.29, 0.717) is 23.6 Å².